The van der Waals surface area contributed by atoms with Crippen molar-refractivity contribution in [1.29, 1.82) is 0 Å². The van der Waals surface area contributed by atoms with E-state index < -0.39 is 6.04 Å². The zero-order valence-corrected chi connectivity index (χ0v) is 10.0. The lowest BCUT2D eigenvalue weighted by Gasteiger charge is -2.09. The van der Waals surface area contributed by atoms with Gasteiger partial charge in [0.05, 0.1) is 18.2 Å². The first-order valence-electron chi connectivity index (χ1n) is 4.90. The van der Waals surface area contributed by atoms with Crippen molar-refractivity contribution in [2.75, 3.05) is 7.11 Å². The zero-order valence-electron chi connectivity index (χ0n) is 9.29. The van der Waals surface area contributed by atoms with Crippen LogP contribution in [-0.2, 0) is 11.3 Å². The van der Waals surface area contributed by atoms with E-state index in [1.54, 1.807) is 26.2 Å². The molecule has 0 aliphatic rings. The number of benzene rings is 1. The molecule has 1 atom stereocenters. The van der Waals surface area contributed by atoms with Crippen molar-refractivity contribution >= 4 is 17.5 Å². The molecule has 0 aliphatic heterocycles. The van der Waals surface area contributed by atoms with Gasteiger partial charge in [-0.3, -0.25) is 4.79 Å². The molecule has 0 saturated carbocycles. The summed E-state index contributed by atoms with van der Waals surface area (Å²) < 4.78 is 5.02. The predicted octanol–water partition coefficient (Wildman–Crippen LogP) is 1.31. The number of hydrogen-bond acceptors (Lipinski definition) is 3. The number of rotatable bonds is 4. The van der Waals surface area contributed by atoms with Crippen LogP contribution in [0.4, 0.5) is 0 Å². The van der Waals surface area contributed by atoms with Crippen LogP contribution >= 0.6 is 11.6 Å². The molecule has 1 rings (SSSR count). The van der Waals surface area contributed by atoms with E-state index in [0.29, 0.717) is 17.3 Å². The maximum Gasteiger partial charge on any atom is 0.236 e. The third-order valence-electron chi connectivity index (χ3n) is 2.10. The van der Waals surface area contributed by atoms with Crippen LogP contribution in [0.1, 0.15) is 12.5 Å². The van der Waals surface area contributed by atoms with Crippen molar-refractivity contribution in [1.82, 2.24) is 5.32 Å². The maximum atomic E-state index is 11.2. The number of nitrogens with one attached hydrogen (secondary N) is 1. The summed E-state index contributed by atoms with van der Waals surface area (Å²) in [5.74, 6) is 0.427. The van der Waals surface area contributed by atoms with Gasteiger partial charge >= 0.3 is 0 Å². The van der Waals surface area contributed by atoms with Gasteiger partial charge in [-0.25, -0.2) is 0 Å². The molecule has 5 heteroatoms. The summed E-state index contributed by atoms with van der Waals surface area (Å²) in [4.78, 5) is 11.2. The van der Waals surface area contributed by atoms with Crippen molar-refractivity contribution in [2.45, 2.75) is 19.5 Å². The molecule has 0 spiro atoms. The average molecular weight is 243 g/mol. The average Bonchev–Trinajstić information content (AvgIpc) is 2.25. The van der Waals surface area contributed by atoms with Gasteiger partial charge in [-0.05, 0) is 24.6 Å². The Kier molecular flexibility index (Phi) is 4.58. The van der Waals surface area contributed by atoms with Crippen LogP contribution in [0.3, 0.4) is 0 Å². The van der Waals surface area contributed by atoms with E-state index >= 15 is 0 Å². The highest BCUT2D eigenvalue weighted by molar-refractivity contribution is 6.32. The van der Waals surface area contributed by atoms with E-state index in [2.05, 4.69) is 5.32 Å². The quantitative estimate of drug-likeness (QED) is 0.837. The molecule has 16 heavy (non-hydrogen) atoms. The van der Waals surface area contributed by atoms with Crippen LogP contribution in [0.25, 0.3) is 0 Å². The highest BCUT2D eigenvalue weighted by Crippen LogP contribution is 2.24. The monoisotopic (exact) mass is 242 g/mol. The summed E-state index contributed by atoms with van der Waals surface area (Å²) in [7, 11) is 1.55. The largest absolute Gasteiger partial charge is 0.495 e. The lowest BCUT2D eigenvalue weighted by molar-refractivity contribution is -0.122. The Morgan fingerprint density at radius 1 is 1.62 bits per heavy atom. The molecular weight excluding hydrogens is 228 g/mol. The van der Waals surface area contributed by atoms with Gasteiger partial charge in [0.2, 0.25) is 5.91 Å². The number of ether oxygens (including phenoxy) is 1. The molecule has 1 aromatic carbocycles. The Bertz CT molecular complexity index is 380. The Hall–Kier alpha value is -1.26. The van der Waals surface area contributed by atoms with E-state index in [-0.39, 0.29) is 5.91 Å². The second-order valence-electron chi connectivity index (χ2n) is 3.48. The molecule has 0 heterocycles. The van der Waals surface area contributed by atoms with Gasteiger partial charge in [0, 0.05) is 6.54 Å². The third-order valence-corrected chi connectivity index (χ3v) is 2.39. The second kappa shape index (κ2) is 5.72. The van der Waals surface area contributed by atoms with Crippen LogP contribution in [0, 0.1) is 0 Å². The molecule has 0 fully saturated rings. The van der Waals surface area contributed by atoms with Gasteiger partial charge < -0.3 is 15.8 Å². The van der Waals surface area contributed by atoms with Crippen molar-refractivity contribution in [2.24, 2.45) is 5.73 Å². The molecule has 1 amide bonds. The topological polar surface area (TPSA) is 64.3 Å². The van der Waals surface area contributed by atoms with E-state index in [0.717, 1.165) is 5.56 Å². The molecule has 4 nitrogen and oxygen atoms in total. The molecule has 0 aliphatic carbocycles. The Morgan fingerprint density at radius 2 is 2.31 bits per heavy atom. The smallest absolute Gasteiger partial charge is 0.236 e. The number of carbonyl (C=O) groups excluding carboxylic acids is 1. The van der Waals surface area contributed by atoms with Crippen LogP contribution in [-0.4, -0.2) is 19.1 Å². The molecule has 0 unspecified atom stereocenters. The lowest BCUT2D eigenvalue weighted by Crippen LogP contribution is -2.37. The van der Waals surface area contributed by atoms with Crippen molar-refractivity contribution in [3.8, 4) is 5.75 Å². The fraction of sp³-hybridized carbons (Fsp3) is 0.364. The van der Waals surface area contributed by atoms with Gasteiger partial charge in [0.1, 0.15) is 5.75 Å². The van der Waals surface area contributed by atoms with Crippen molar-refractivity contribution in [3.63, 3.8) is 0 Å². The fourth-order valence-corrected chi connectivity index (χ4v) is 1.45. The minimum absolute atomic E-state index is 0.188. The van der Waals surface area contributed by atoms with Gasteiger partial charge in [-0.15, -0.1) is 0 Å². The van der Waals surface area contributed by atoms with E-state index in [1.807, 2.05) is 6.07 Å². The van der Waals surface area contributed by atoms with Gasteiger partial charge in [-0.1, -0.05) is 17.7 Å². The zero-order chi connectivity index (χ0) is 12.1. The summed E-state index contributed by atoms with van der Waals surface area (Å²) in [5.41, 5.74) is 6.32. The summed E-state index contributed by atoms with van der Waals surface area (Å²) in [6.45, 7) is 2.04. The summed E-state index contributed by atoms with van der Waals surface area (Å²) in [5, 5.41) is 3.22. The molecule has 1 aromatic rings. The summed E-state index contributed by atoms with van der Waals surface area (Å²) in [6.07, 6.45) is 0. The SMILES string of the molecule is COc1ccc(CNC(=O)[C@@H](C)N)cc1Cl. The third kappa shape index (κ3) is 3.40. The van der Waals surface area contributed by atoms with E-state index in [9.17, 15) is 4.79 Å². The van der Waals surface area contributed by atoms with Gasteiger partial charge in [0.15, 0.2) is 0 Å². The van der Waals surface area contributed by atoms with E-state index in [4.69, 9.17) is 22.1 Å². The second-order valence-corrected chi connectivity index (χ2v) is 3.88. The maximum absolute atomic E-state index is 11.2. The summed E-state index contributed by atoms with van der Waals surface area (Å²) >= 11 is 5.94. The van der Waals surface area contributed by atoms with Crippen LogP contribution in [0.5, 0.6) is 5.75 Å². The normalized spacial score (nSPS) is 12.0. The van der Waals surface area contributed by atoms with Gasteiger partial charge in [-0.2, -0.15) is 0 Å². The summed E-state index contributed by atoms with van der Waals surface area (Å²) in [6, 6.07) is 4.85. The highest BCUT2D eigenvalue weighted by atomic mass is 35.5. The first-order chi connectivity index (χ1) is 7.54. The first-order valence-corrected chi connectivity index (χ1v) is 5.28. The molecular formula is C11H15ClN2O2. The van der Waals surface area contributed by atoms with Crippen LogP contribution < -0.4 is 15.8 Å². The molecule has 0 bridgehead atoms. The van der Waals surface area contributed by atoms with Crippen molar-refractivity contribution < 1.29 is 9.53 Å². The number of methoxy groups -OCH3 is 1. The number of nitrogens with two attached hydrogens (primary N) is 1. The number of hydrogen-bond donors (Lipinski definition) is 2. The highest BCUT2D eigenvalue weighted by Gasteiger charge is 2.07. The van der Waals surface area contributed by atoms with Crippen LogP contribution in [0.2, 0.25) is 5.02 Å². The number of halogens is 1. The first kappa shape index (κ1) is 12.8. The minimum Gasteiger partial charge on any atom is -0.495 e. The molecule has 0 radical (unpaired) electrons. The number of amides is 1. The lowest BCUT2D eigenvalue weighted by atomic mass is 10.2. The minimum atomic E-state index is -0.506. The molecule has 88 valence electrons. The fourth-order valence-electron chi connectivity index (χ4n) is 1.17. The standard InChI is InChI=1S/C11H15ClN2O2/c1-7(13)11(15)14-6-8-3-4-10(16-2)9(12)5-8/h3-5,7H,6,13H2,1-2H3,(H,14,15)/t7-/m1/s1. The van der Waals surface area contributed by atoms with Gasteiger partial charge in [0.25, 0.3) is 0 Å². The molecule has 0 aromatic heterocycles. The Balaban J connectivity index is 2.62. The molecule has 3 N–H and O–H groups in total. The van der Waals surface area contributed by atoms with Crippen molar-refractivity contribution in [3.05, 3.63) is 28.8 Å². The number of carbonyl (C=O) groups is 1. The Morgan fingerprint density at radius 3 is 2.81 bits per heavy atom. The van der Waals surface area contributed by atoms with E-state index in [1.165, 1.54) is 0 Å². The molecule has 0 saturated heterocycles. The Labute approximate surface area is 99.7 Å². The van der Waals surface area contributed by atoms with Crippen LogP contribution in [0.15, 0.2) is 18.2 Å². The predicted molar refractivity (Wildman–Crippen MR) is 63.5 cm³/mol.